The van der Waals surface area contributed by atoms with Crippen molar-refractivity contribution < 1.29 is 19.1 Å². The van der Waals surface area contributed by atoms with E-state index in [1.165, 1.54) is 6.26 Å². The first-order chi connectivity index (χ1) is 7.99. The Hall–Kier alpha value is -1.78. The molecule has 1 aromatic rings. The maximum absolute atomic E-state index is 11.6. The van der Waals surface area contributed by atoms with Gasteiger partial charge in [0.05, 0.1) is 5.56 Å². The summed E-state index contributed by atoms with van der Waals surface area (Å²) in [5, 5.41) is 11.3. The number of carbonyl (C=O) groups is 2. The predicted molar refractivity (Wildman–Crippen MR) is 61.8 cm³/mol. The smallest absolute Gasteiger partial charge is 0.303 e. The number of amides is 1. The van der Waals surface area contributed by atoms with Crippen LogP contribution in [0.3, 0.4) is 0 Å². The van der Waals surface area contributed by atoms with Gasteiger partial charge >= 0.3 is 5.97 Å². The highest BCUT2D eigenvalue weighted by molar-refractivity contribution is 5.93. The van der Waals surface area contributed by atoms with Gasteiger partial charge in [-0.3, -0.25) is 9.59 Å². The topological polar surface area (TPSA) is 79.5 Å². The molecule has 1 atom stereocenters. The first kappa shape index (κ1) is 13.3. The molecule has 1 heterocycles. The normalized spacial score (nSPS) is 12.1. The fourth-order valence-corrected chi connectivity index (χ4v) is 1.40. The number of carboxylic acids is 1. The van der Waals surface area contributed by atoms with Gasteiger partial charge < -0.3 is 14.8 Å². The van der Waals surface area contributed by atoms with Gasteiger partial charge in [-0.25, -0.2) is 0 Å². The highest BCUT2D eigenvalue weighted by Gasteiger charge is 2.10. The quantitative estimate of drug-likeness (QED) is 0.793. The Balaban J connectivity index is 2.30. The van der Waals surface area contributed by atoms with Gasteiger partial charge in [0.25, 0.3) is 5.91 Å². The minimum Gasteiger partial charge on any atom is -0.481 e. The standard InChI is InChI=1S/C12H17NO4/c1-8(3-4-11(14)15)6-13-12(16)10-5-9(2)17-7-10/h5,7-8H,3-4,6H2,1-2H3,(H,13,16)(H,14,15). The van der Waals surface area contributed by atoms with E-state index in [4.69, 9.17) is 9.52 Å². The SMILES string of the molecule is Cc1cc(C(=O)NCC(C)CCC(=O)O)co1. The molecule has 1 amide bonds. The molecule has 0 aromatic carbocycles. The zero-order valence-corrected chi connectivity index (χ0v) is 10.0. The molecule has 0 aliphatic heterocycles. The van der Waals surface area contributed by atoms with Crippen LogP contribution in [0.25, 0.3) is 0 Å². The zero-order chi connectivity index (χ0) is 12.8. The van der Waals surface area contributed by atoms with Gasteiger partial charge in [0.2, 0.25) is 0 Å². The number of aryl methyl sites for hydroxylation is 1. The predicted octanol–water partition coefficient (Wildman–Crippen LogP) is 1.82. The van der Waals surface area contributed by atoms with Crippen LogP contribution in [-0.4, -0.2) is 23.5 Å². The number of hydrogen-bond acceptors (Lipinski definition) is 3. The number of carboxylic acid groups (broad SMARTS) is 1. The van der Waals surface area contributed by atoms with Crippen molar-refractivity contribution in [3.63, 3.8) is 0 Å². The lowest BCUT2D eigenvalue weighted by Crippen LogP contribution is -2.28. The van der Waals surface area contributed by atoms with E-state index in [0.29, 0.717) is 24.3 Å². The summed E-state index contributed by atoms with van der Waals surface area (Å²) in [5.74, 6) is -0.171. The van der Waals surface area contributed by atoms with Gasteiger partial charge in [-0.2, -0.15) is 0 Å². The van der Waals surface area contributed by atoms with Crippen molar-refractivity contribution in [1.82, 2.24) is 5.32 Å². The molecule has 0 radical (unpaired) electrons. The third-order valence-corrected chi connectivity index (χ3v) is 2.45. The average molecular weight is 239 g/mol. The number of rotatable bonds is 6. The van der Waals surface area contributed by atoms with E-state index in [1.54, 1.807) is 13.0 Å². The van der Waals surface area contributed by atoms with Crippen LogP contribution in [-0.2, 0) is 4.79 Å². The molecule has 2 N–H and O–H groups in total. The van der Waals surface area contributed by atoms with Crippen molar-refractivity contribution >= 4 is 11.9 Å². The van der Waals surface area contributed by atoms with E-state index in [9.17, 15) is 9.59 Å². The first-order valence-electron chi connectivity index (χ1n) is 5.54. The molecule has 5 heteroatoms. The molecule has 17 heavy (non-hydrogen) atoms. The summed E-state index contributed by atoms with van der Waals surface area (Å²) in [5.41, 5.74) is 0.493. The highest BCUT2D eigenvalue weighted by atomic mass is 16.4. The molecule has 0 spiro atoms. The van der Waals surface area contributed by atoms with Crippen LogP contribution in [0.2, 0.25) is 0 Å². The van der Waals surface area contributed by atoms with E-state index in [0.717, 1.165) is 0 Å². The second kappa shape index (κ2) is 6.08. The summed E-state index contributed by atoms with van der Waals surface area (Å²) >= 11 is 0. The molecule has 0 saturated carbocycles. The van der Waals surface area contributed by atoms with Gasteiger partial charge in [0, 0.05) is 13.0 Å². The van der Waals surface area contributed by atoms with Crippen LogP contribution in [0.15, 0.2) is 16.7 Å². The second-order valence-corrected chi connectivity index (χ2v) is 4.19. The molecule has 0 aliphatic carbocycles. The summed E-state index contributed by atoms with van der Waals surface area (Å²) in [6, 6.07) is 1.66. The van der Waals surface area contributed by atoms with E-state index in [-0.39, 0.29) is 18.2 Å². The van der Waals surface area contributed by atoms with Crippen LogP contribution in [0.5, 0.6) is 0 Å². The lowest BCUT2D eigenvalue weighted by Gasteiger charge is -2.10. The zero-order valence-electron chi connectivity index (χ0n) is 10.0. The average Bonchev–Trinajstić information content (AvgIpc) is 2.70. The number of furan rings is 1. The summed E-state index contributed by atoms with van der Waals surface area (Å²) in [4.78, 5) is 22.0. The molecule has 1 aromatic heterocycles. The van der Waals surface area contributed by atoms with Crippen molar-refractivity contribution in [1.29, 1.82) is 0 Å². The summed E-state index contributed by atoms with van der Waals surface area (Å²) in [6.07, 6.45) is 2.09. The second-order valence-electron chi connectivity index (χ2n) is 4.19. The molecule has 1 unspecified atom stereocenters. The molecule has 1 rings (SSSR count). The van der Waals surface area contributed by atoms with Crippen LogP contribution < -0.4 is 5.32 Å². The third-order valence-electron chi connectivity index (χ3n) is 2.45. The maximum Gasteiger partial charge on any atom is 0.303 e. The summed E-state index contributed by atoms with van der Waals surface area (Å²) in [6.45, 7) is 4.15. The number of carbonyl (C=O) groups excluding carboxylic acids is 1. The van der Waals surface area contributed by atoms with Crippen molar-refractivity contribution in [2.24, 2.45) is 5.92 Å². The third kappa shape index (κ3) is 4.72. The molecule has 0 saturated heterocycles. The van der Waals surface area contributed by atoms with Crippen molar-refractivity contribution in [3.05, 3.63) is 23.7 Å². The number of nitrogens with one attached hydrogen (secondary N) is 1. The summed E-state index contributed by atoms with van der Waals surface area (Å²) < 4.78 is 5.03. The van der Waals surface area contributed by atoms with Crippen LogP contribution in [0.1, 0.15) is 35.9 Å². The lowest BCUT2D eigenvalue weighted by atomic mass is 10.1. The Morgan fingerprint density at radius 1 is 1.53 bits per heavy atom. The maximum atomic E-state index is 11.6. The van der Waals surface area contributed by atoms with Crippen LogP contribution >= 0.6 is 0 Å². The van der Waals surface area contributed by atoms with Gasteiger partial charge in [0.1, 0.15) is 12.0 Å². The monoisotopic (exact) mass is 239 g/mol. The van der Waals surface area contributed by atoms with Gasteiger partial charge in [-0.05, 0) is 25.3 Å². The lowest BCUT2D eigenvalue weighted by molar-refractivity contribution is -0.137. The Morgan fingerprint density at radius 2 is 2.24 bits per heavy atom. The molecule has 0 fully saturated rings. The number of aliphatic carboxylic acids is 1. The van der Waals surface area contributed by atoms with Gasteiger partial charge in [0.15, 0.2) is 0 Å². The van der Waals surface area contributed by atoms with E-state index in [2.05, 4.69) is 5.32 Å². The Labute approximate surface area is 99.8 Å². The summed E-state index contributed by atoms with van der Waals surface area (Å²) in [7, 11) is 0. The molecular weight excluding hydrogens is 222 g/mol. The van der Waals surface area contributed by atoms with Crippen molar-refractivity contribution in [2.45, 2.75) is 26.7 Å². The van der Waals surface area contributed by atoms with Crippen LogP contribution in [0, 0.1) is 12.8 Å². The minimum absolute atomic E-state index is 0.127. The van der Waals surface area contributed by atoms with Crippen LogP contribution in [0.4, 0.5) is 0 Å². The van der Waals surface area contributed by atoms with Gasteiger partial charge in [-0.1, -0.05) is 6.92 Å². The molecule has 0 aliphatic rings. The Kier molecular flexibility index (Phi) is 4.75. The Bertz CT molecular complexity index is 397. The van der Waals surface area contributed by atoms with Crippen molar-refractivity contribution in [3.8, 4) is 0 Å². The van der Waals surface area contributed by atoms with Gasteiger partial charge in [-0.15, -0.1) is 0 Å². The number of hydrogen-bond donors (Lipinski definition) is 2. The van der Waals surface area contributed by atoms with Crippen molar-refractivity contribution in [2.75, 3.05) is 6.54 Å². The minimum atomic E-state index is -0.811. The van der Waals surface area contributed by atoms with E-state index < -0.39 is 5.97 Å². The molecule has 94 valence electrons. The molecule has 5 nitrogen and oxygen atoms in total. The fraction of sp³-hybridized carbons (Fsp3) is 0.500. The Morgan fingerprint density at radius 3 is 2.76 bits per heavy atom. The molecular formula is C12H17NO4. The van der Waals surface area contributed by atoms with E-state index >= 15 is 0 Å². The molecule has 0 bridgehead atoms. The fourth-order valence-electron chi connectivity index (χ4n) is 1.40. The highest BCUT2D eigenvalue weighted by Crippen LogP contribution is 2.07. The largest absolute Gasteiger partial charge is 0.481 e. The van der Waals surface area contributed by atoms with E-state index in [1.807, 2.05) is 6.92 Å². The first-order valence-corrected chi connectivity index (χ1v) is 5.54.